The van der Waals surface area contributed by atoms with Gasteiger partial charge in [-0.2, -0.15) is 13.2 Å². The predicted octanol–water partition coefficient (Wildman–Crippen LogP) is 3.84. The van der Waals surface area contributed by atoms with Crippen LogP contribution in [0.2, 0.25) is 0 Å². The van der Waals surface area contributed by atoms with Crippen LogP contribution in [0.25, 0.3) is 22.0 Å². The maximum atomic E-state index is 13.4. The lowest BCUT2D eigenvalue weighted by Gasteiger charge is -2.20. The number of hydrogen-bond acceptors (Lipinski definition) is 5. The molecule has 3 aromatic rings. The first-order valence-electron chi connectivity index (χ1n) is 8.79. The maximum Gasteiger partial charge on any atom is 0.417 e. The molecule has 3 rings (SSSR count). The Morgan fingerprint density at radius 3 is 2.50 bits per heavy atom. The normalized spacial score (nSPS) is 11.5. The van der Waals surface area contributed by atoms with Crippen LogP contribution in [0, 0.1) is 0 Å². The van der Waals surface area contributed by atoms with Gasteiger partial charge in [0, 0.05) is 17.8 Å². The summed E-state index contributed by atoms with van der Waals surface area (Å²) in [7, 11) is 0. The molecule has 0 aliphatic heterocycles. The summed E-state index contributed by atoms with van der Waals surface area (Å²) < 4.78 is 44.8. The van der Waals surface area contributed by atoms with Crippen molar-refractivity contribution in [2.24, 2.45) is 0 Å². The number of fused-ring (bicyclic) bond motifs is 1. The van der Waals surface area contributed by atoms with Crippen LogP contribution < -0.4 is 10.5 Å². The molecular formula is C20H17F3N2O5. The molecule has 0 aliphatic rings. The summed E-state index contributed by atoms with van der Waals surface area (Å²) in [5.74, 6) is 0. The van der Waals surface area contributed by atoms with Gasteiger partial charge in [0.1, 0.15) is 0 Å². The molecule has 30 heavy (non-hydrogen) atoms. The fourth-order valence-electron chi connectivity index (χ4n) is 3.15. The van der Waals surface area contributed by atoms with Gasteiger partial charge in [0.25, 0.3) is 5.56 Å². The molecule has 0 spiro atoms. The number of aliphatic hydroxyl groups is 1. The average molecular weight is 422 g/mol. The molecule has 1 aromatic heterocycles. The second-order valence-corrected chi connectivity index (χ2v) is 6.25. The van der Waals surface area contributed by atoms with Crippen molar-refractivity contribution in [1.29, 1.82) is 0 Å². The molecule has 1 amide bonds. The third-order valence-corrected chi connectivity index (χ3v) is 4.52. The number of benzene rings is 2. The van der Waals surface area contributed by atoms with Crippen molar-refractivity contribution >= 4 is 22.6 Å². The van der Waals surface area contributed by atoms with Gasteiger partial charge in [-0.25, -0.2) is 4.79 Å². The van der Waals surface area contributed by atoms with Gasteiger partial charge in [0.2, 0.25) is 0 Å². The smallest absolute Gasteiger partial charge is 0.417 e. The monoisotopic (exact) mass is 422 g/mol. The Morgan fingerprint density at radius 1 is 1.17 bits per heavy atom. The van der Waals surface area contributed by atoms with Gasteiger partial charge < -0.3 is 15.1 Å². The lowest BCUT2D eigenvalue weighted by atomic mass is 10.0. The second kappa shape index (κ2) is 8.07. The van der Waals surface area contributed by atoms with E-state index in [1.165, 1.54) is 36.4 Å². The first-order valence-corrected chi connectivity index (χ1v) is 8.79. The molecule has 0 atom stereocenters. The molecule has 0 bridgehead atoms. The van der Waals surface area contributed by atoms with Crippen molar-refractivity contribution in [1.82, 2.24) is 4.73 Å². The molecule has 0 saturated carbocycles. The number of hydrogen-bond donors (Lipinski definition) is 2. The number of amides is 1. The van der Waals surface area contributed by atoms with Gasteiger partial charge >= 0.3 is 12.3 Å². The van der Waals surface area contributed by atoms with Crippen LogP contribution in [0.15, 0.2) is 53.3 Å². The van der Waals surface area contributed by atoms with Crippen molar-refractivity contribution in [2.75, 3.05) is 18.2 Å². The topological polar surface area (TPSA) is 92.0 Å². The van der Waals surface area contributed by atoms with Crippen LogP contribution in [-0.4, -0.2) is 34.5 Å². The largest absolute Gasteiger partial charge is 0.425 e. The Bertz CT molecular complexity index is 1160. The van der Waals surface area contributed by atoms with Gasteiger partial charge in [-0.1, -0.05) is 24.3 Å². The molecule has 0 saturated heterocycles. The van der Waals surface area contributed by atoms with Crippen LogP contribution >= 0.6 is 0 Å². The fraction of sp³-hybridized carbons (Fsp3) is 0.200. The Hall–Kier alpha value is -3.53. The van der Waals surface area contributed by atoms with Gasteiger partial charge in [-0.3, -0.25) is 9.69 Å². The van der Waals surface area contributed by atoms with E-state index in [4.69, 9.17) is 5.11 Å². The summed E-state index contributed by atoms with van der Waals surface area (Å²) in [6.45, 7) is 0.980. The third-order valence-electron chi connectivity index (χ3n) is 4.52. The van der Waals surface area contributed by atoms with Crippen molar-refractivity contribution in [2.45, 2.75) is 13.1 Å². The Labute approximate surface area is 168 Å². The van der Waals surface area contributed by atoms with Crippen LogP contribution in [0.5, 0.6) is 0 Å². The summed E-state index contributed by atoms with van der Waals surface area (Å²) in [6.07, 6.45) is -5.53. The highest BCUT2D eigenvalue weighted by atomic mass is 19.4. The highest BCUT2D eigenvalue weighted by molar-refractivity contribution is 5.93. The van der Waals surface area contributed by atoms with Crippen LogP contribution in [0.3, 0.4) is 0 Å². The number of anilines is 1. The SMILES string of the molecule is CCN(C(=O)OCO)c1ccc2cc(-c3ccccc3C(F)(F)F)n(O)c(=O)c2c1. The van der Waals surface area contributed by atoms with E-state index in [0.29, 0.717) is 0 Å². The zero-order valence-electron chi connectivity index (χ0n) is 15.7. The van der Waals surface area contributed by atoms with Gasteiger partial charge in [-0.15, -0.1) is 4.73 Å². The lowest BCUT2D eigenvalue weighted by Crippen LogP contribution is -2.31. The number of nitrogens with zero attached hydrogens (tertiary/aromatic N) is 2. The number of pyridine rings is 1. The number of carbonyl (C=O) groups is 1. The quantitative estimate of drug-likeness (QED) is 0.493. The number of rotatable bonds is 4. The molecule has 0 aliphatic carbocycles. The number of alkyl halides is 3. The van der Waals surface area contributed by atoms with E-state index in [0.717, 1.165) is 17.0 Å². The molecule has 0 radical (unpaired) electrons. The van der Waals surface area contributed by atoms with Gasteiger partial charge in [0.15, 0.2) is 6.79 Å². The number of ether oxygens (including phenoxy) is 1. The Morgan fingerprint density at radius 2 is 1.87 bits per heavy atom. The van der Waals surface area contributed by atoms with E-state index in [9.17, 15) is 28.0 Å². The van der Waals surface area contributed by atoms with Gasteiger partial charge in [-0.05, 0) is 36.6 Å². The van der Waals surface area contributed by atoms with Gasteiger partial charge in [0.05, 0.1) is 16.6 Å². The summed E-state index contributed by atoms with van der Waals surface area (Å²) in [5, 5.41) is 19.3. The summed E-state index contributed by atoms with van der Waals surface area (Å²) >= 11 is 0. The van der Waals surface area contributed by atoms with Crippen molar-refractivity contribution in [3.05, 3.63) is 64.4 Å². The maximum absolute atomic E-state index is 13.4. The van der Waals surface area contributed by atoms with Crippen LogP contribution in [0.4, 0.5) is 23.7 Å². The number of aromatic nitrogens is 1. The Kier molecular flexibility index (Phi) is 5.70. The van der Waals surface area contributed by atoms with E-state index in [1.54, 1.807) is 6.92 Å². The van der Waals surface area contributed by atoms with E-state index < -0.39 is 30.2 Å². The van der Waals surface area contributed by atoms with Crippen molar-refractivity contribution in [3.8, 4) is 11.3 Å². The summed E-state index contributed by atoms with van der Waals surface area (Å²) in [6, 6.07) is 10.1. The van der Waals surface area contributed by atoms with E-state index in [1.807, 2.05) is 0 Å². The molecule has 0 unspecified atom stereocenters. The van der Waals surface area contributed by atoms with Crippen LogP contribution in [0.1, 0.15) is 12.5 Å². The van der Waals surface area contributed by atoms with E-state index in [-0.39, 0.29) is 39.0 Å². The highest BCUT2D eigenvalue weighted by Gasteiger charge is 2.34. The molecule has 1 heterocycles. The fourth-order valence-corrected chi connectivity index (χ4v) is 3.15. The van der Waals surface area contributed by atoms with Crippen molar-refractivity contribution < 1.29 is 33.0 Å². The minimum Gasteiger partial charge on any atom is -0.425 e. The Balaban J connectivity index is 2.19. The second-order valence-electron chi connectivity index (χ2n) is 6.25. The lowest BCUT2D eigenvalue weighted by molar-refractivity contribution is -0.137. The number of halogens is 3. The molecule has 158 valence electrons. The molecule has 2 N–H and O–H groups in total. The minimum absolute atomic E-state index is 0.0153. The molecular weight excluding hydrogens is 405 g/mol. The number of aliphatic hydroxyl groups excluding tert-OH is 1. The minimum atomic E-state index is -4.68. The van der Waals surface area contributed by atoms with Crippen molar-refractivity contribution in [3.63, 3.8) is 0 Å². The predicted molar refractivity (Wildman–Crippen MR) is 102 cm³/mol. The zero-order valence-corrected chi connectivity index (χ0v) is 15.7. The third kappa shape index (κ3) is 3.81. The average Bonchev–Trinajstić information content (AvgIpc) is 2.71. The number of carbonyl (C=O) groups excluding carboxylic acids is 1. The molecule has 10 heteroatoms. The summed E-state index contributed by atoms with van der Waals surface area (Å²) in [4.78, 5) is 25.8. The summed E-state index contributed by atoms with van der Waals surface area (Å²) in [5.41, 5.74) is -2.36. The first-order chi connectivity index (χ1) is 14.2. The standard InChI is InChI=1S/C20H17F3N2O5/c1-2-24(19(28)30-11-26)13-8-7-12-9-17(25(29)18(27)15(12)10-13)14-5-3-4-6-16(14)20(21,22)23/h3-10,26,29H,2,11H2,1H3. The molecule has 2 aromatic carbocycles. The van der Waals surface area contributed by atoms with E-state index in [2.05, 4.69) is 4.74 Å². The van der Waals surface area contributed by atoms with E-state index >= 15 is 0 Å². The molecule has 7 nitrogen and oxygen atoms in total. The first kappa shape index (κ1) is 21.2. The molecule has 0 fully saturated rings. The highest BCUT2D eigenvalue weighted by Crippen LogP contribution is 2.37. The zero-order chi connectivity index (χ0) is 22.1. The van der Waals surface area contributed by atoms with Crippen LogP contribution in [-0.2, 0) is 10.9 Å².